The molecule has 2 rings (SSSR count). The van der Waals surface area contributed by atoms with Crippen LogP contribution in [0.1, 0.15) is 6.42 Å². The summed E-state index contributed by atoms with van der Waals surface area (Å²) in [5, 5.41) is 9.42. The van der Waals surface area contributed by atoms with Crippen LogP contribution < -0.4 is 0 Å². The number of allylic oxidation sites excluding steroid dienone is 1. The number of rotatable bonds is 0. The van der Waals surface area contributed by atoms with Crippen molar-refractivity contribution in [3.05, 3.63) is 24.3 Å². The van der Waals surface area contributed by atoms with E-state index in [1.54, 1.807) is 0 Å². The van der Waals surface area contributed by atoms with Crippen LogP contribution in [0.3, 0.4) is 0 Å². The molecule has 2 saturated carbocycles. The van der Waals surface area contributed by atoms with E-state index in [1.807, 2.05) is 0 Å². The lowest BCUT2D eigenvalue weighted by atomic mass is 9.89. The molecule has 0 aliphatic heterocycles. The molecule has 4 unspecified atom stereocenters. The lowest BCUT2D eigenvalue weighted by Gasteiger charge is -2.25. The third kappa shape index (κ3) is 0.756. The highest BCUT2D eigenvalue weighted by Crippen LogP contribution is 2.52. The van der Waals surface area contributed by atoms with Crippen LogP contribution in [-0.2, 0) is 0 Å². The molecule has 1 nitrogen and oxygen atoms in total. The van der Waals surface area contributed by atoms with Crippen LogP contribution in [0.2, 0.25) is 0 Å². The molecule has 0 aromatic rings. The van der Waals surface area contributed by atoms with Gasteiger partial charge >= 0.3 is 0 Å². The SMILES string of the molecule is C=C1C(=C)C2CC1C(O)C2Cl. The van der Waals surface area contributed by atoms with Crippen LogP contribution in [-0.4, -0.2) is 16.6 Å². The second-order valence-electron chi connectivity index (χ2n) is 3.43. The molecular weight excluding hydrogens is 160 g/mol. The van der Waals surface area contributed by atoms with Crippen LogP contribution in [0.15, 0.2) is 24.3 Å². The van der Waals surface area contributed by atoms with E-state index < -0.39 is 0 Å². The molecule has 2 heteroatoms. The van der Waals surface area contributed by atoms with E-state index in [1.165, 1.54) is 0 Å². The highest BCUT2D eigenvalue weighted by Gasteiger charge is 2.50. The fraction of sp³-hybridized carbons (Fsp3) is 0.556. The molecule has 0 amide bonds. The standard InChI is InChI=1S/C9H11ClO/c1-4-5(2)7-3-6(4)8(10)9(7)11/h6-9,11H,1-3H2. The van der Waals surface area contributed by atoms with Crippen molar-refractivity contribution < 1.29 is 5.11 Å². The molecule has 0 aromatic carbocycles. The van der Waals surface area contributed by atoms with Crippen LogP contribution in [0.25, 0.3) is 0 Å². The Hall–Kier alpha value is -0.270. The van der Waals surface area contributed by atoms with Gasteiger partial charge in [-0.2, -0.15) is 0 Å². The Morgan fingerprint density at radius 2 is 1.82 bits per heavy atom. The van der Waals surface area contributed by atoms with E-state index in [9.17, 15) is 5.11 Å². The molecule has 0 spiro atoms. The minimum absolute atomic E-state index is 0.127. The molecular formula is C9H11ClO. The van der Waals surface area contributed by atoms with Gasteiger partial charge in [-0.25, -0.2) is 0 Å². The van der Waals surface area contributed by atoms with E-state index in [2.05, 4.69) is 13.2 Å². The van der Waals surface area contributed by atoms with Gasteiger partial charge in [0.25, 0.3) is 0 Å². The molecule has 2 bridgehead atoms. The van der Waals surface area contributed by atoms with Crippen molar-refractivity contribution in [2.24, 2.45) is 11.8 Å². The van der Waals surface area contributed by atoms with Gasteiger partial charge in [-0.1, -0.05) is 13.2 Å². The Morgan fingerprint density at radius 3 is 2.27 bits per heavy atom. The number of alkyl halides is 1. The van der Waals surface area contributed by atoms with Gasteiger partial charge < -0.3 is 5.11 Å². The highest BCUT2D eigenvalue weighted by molar-refractivity contribution is 6.21. The van der Waals surface area contributed by atoms with Crippen LogP contribution in [0.5, 0.6) is 0 Å². The Balaban J connectivity index is 2.35. The van der Waals surface area contributed by atoms with Gasteiger partial charge in [0.2, 0.25) is 0 Å². The Labute approximate surface area is 71.4 Å². The fourth-order valence-corrected chi connectivity index (χ4v) is 2.59. The van der Waals surface area contributed by atoms with Gasteiger partial charge in [-0.3, -0.25) is 0 Å². The number of hydrogen-bond donors (Lipinski definition) is 1. The van der Waals surface area contributed by atoms with E-state index in [-0.39, 0.29) is 23.3 Å². The molecule has 0 radical (unpaired) electrons. The minimum Gasteiger partial charge on any atom is -0.391 e. The Morgan fingerprint density at radius 1 is 1.27 bits per heavy atom. The first kappa shape index (κ1) is 7.38. The molecule has 2 aliphatic rings. The zero-order valence-electron chi connectivity index (χ0n) is 6.26. The van der Waals surface area contributed by atoms with Gasteiger partial charge in [-0.15, -0.1) is 11.6 Å². The van der Waals surface area contributed by atoms with Crippen molar-refractivity contribution >= 4 is 11.6 Å². The minimum atomic E-state index is -0.389. The molecule has 60 valence electrons. The van der Waals surface area contributed by atoms with Crippen LogP contribution >= 0.6 is 11.6 Å². The van der Waals surface area contributed by atoms with Crippen molar-refractivity contribution in [3.8, 4) is 0 Å². The topological polar surface area (TPSA) is 20.2 Å². The molecule has 1 N–H and O–H groups in total. The highest BCUT2D eigenvalue weighted by atomic mass is 35.5. The maximum Gasteiger partial charge on any atom is 0.0778 e. The lowest BCUT2D eigenvalue weighted by Crippen LogP contribution is -2.29. The first-order chi connectivity index (χ1) is 5.13. The molecule has 11 heavy (non-hydrogen) atoms. The summed E-state index contributed by atoms with van der Waals surface area (Å²) < 4.78 is 0. The fourth-order valence-electron chi connectivity index (χ4n) is 2.16. The molecule has 0 heterocycles. The number of fused-ring (bicyclic) bond motifs is 2. The number of hydrogen-bond acceptors (Lipinski definition) is 1. The summed E-state index contributed by atoms with van der Waals surface area (Å²) in [4.78, 5) is 0. The van der Waals surface area contributed by atoms with Crippen molar-refractivity contribution in [2.45, 2.75) is 17.9 Å². The quantitative estimate of drug-likeness (QED) is 0.549. The zero-order chi connectivity index (χ0) is 8.17. The van der Waals surface area contributed by atoms with Crippen LogP contribution in [0, 0.1) is 11.8 Å². The molecule has 0 saturated heterocycles. The van der Waals surface area contributed by atoms with Crippen molar-refractivity contribution in [2.75, 3.05) is 0 Å². The summed E-state index contributed by atoms with van der Waals surface area (Å²) in [5.74, 6) is 0.471. The van der Waals surface area contributed by atoms with Gasteiger partial charge in [0.1, 0.15) is 0 Å². The molecule has 4 atom stereocenters. The second kappa shape index (κ2) is 2.11. The van der Waals surface area contributed by atoms with Gasteiger partial charge in [0.05, 0.1) is 11.5 Å². The molecule has 2 aliphatic carbocycles. The predicted molar refractivity (Wildman–Crippen MR) is 45.5 cm³/mol. The summed E-state index contributed by atoms with van der Waals surface area (Å²) >= 11 is 5.97. The number of halogens is 1. The number of aliphatic hydroxyl groups excluding tert-OH is 1. The van der Waals surface area contributed by atoms with Crippen molar-refractivity contribution in [1.29, 1.82) is 0 Å². The van der Waals surface area contributed by atoms with Crippen molar-refractivity contribution in [1.82, 2.24) is 0 Å². The van der Waals surface area contributed by atoms with E-state index in [0.29, 0.717) is 0 Å². The normalized spacial score (nSPS) is 48.9. The van der Waals surface area contributed by atoms with Crippen LogP contribution in [0.4, 0.5) is 0 Å². The summed E-state index contributed by atoms with van der Waals surface area (Å²) in [6, 6.07) is 0. The largest absolute Gasteiger partial charge is 0.391 e. The van der Waals surface area contributed by atoms with Crippen molar-refractivity contribution in [3.63, 3.8) is 0 Å². The van der Waals surface area contributed by atoms with E-state index in [0.717, 1.165) is 17.6 Å². The first-order valence-electron chi connectivity index (χ1n) is 3.83. The smallest absolute Gasteiger partial charge is 0.0778 e. The third-order valence-electron chi connectivity index (χ3n) is 2.94. The molecule has 0 aromatic heterocycles. The van der Waals surface area contributed by atoms with Gasteiger partial charge in [0, 0.05) is 11.8 Å². The Kier molecular flexibility index (Phi) is 1.42. The van der Waals surface area contributed by atoms with E-state index >= 15 is 0 Å². The zero-order valence-corrected chi connectivity index (χ0v) is 7.01. The number of aliphatic hydroxyl groups is 1. The predicted octanol–water partition coefficient (Wildman–Crippen LogP) is 1.72. The average molecular weight is 171 g/mol. The van der Waals surface area contributed by atoms with E-state index in [4.69, 9.17) is 11.6 Å². The van der Waals surface area contributed by atoms with Gasteiger partial charge in [-0.05, 0) is 17.6 Å². The maximum absolute atomic E-state index is 9.54. The third-order valence-corrected chi connectivity index (χ3v) is 3.50. The maximum atomic E-state index is 9.54. The summed E-state index contributed by atoms with van der Waals surface area (Å²) in [6.07, 6.45) is 0.562. The van der Waals surface area contributed by atoms with Gasteiger partial charge in [0.15, 0.2) is 0 Å². The lowest BCUT2D eigenvalue weighted by molar-refractivity contribution is 0.146. The first-order valence-corrected chi connectivity index (χ1v) is 4.26. The average Bonchev–Trinajstić information content (AvgIpc) is 2.40. The Bertz CT molecular complexity index is 210. The second-order valence-corrected chi connectivity index (χ2v) is 3.94. The summed E-state index contributed by atoms with van der Waals surface area (Å²) in [7, 11) is 0. The molecule has 2 fully saturated rings. The summed E-state index contributed by atoms with van der Waals surface area (Å²) in [6.45, 7) is 7.79. The monoisotopic (exact) mass is 170 g/mol. The summed E-state index contributed by atoms with van der Waals surface area (Å²) in [5.41, 5.74) is 2.07.